The fourth-order valence-electron chi connectivity index (χ4n) is 1.91. The van der Waals surface area contributed by atoms with Crippen molar-refractivity contribution in [3.05, 3.63) is 69.9 Å². The van der Waals surface area contributed by atoms with Crippen molar-refractivity contribution in [1.29, 1.82) is 0 Å². The van der Waals surface area contributed by atoms with Gasteiger partial charge in [0.05, 0.1) is 0 Å². The number of aromatic nitrogens is 2. The lowest BCUT2D eigenvalue weighted by Crippen LogP contribution is -2.05. The monoisotopic (exact) mass is 344 g/mol. The van der Waals surface area contributed by atoms with Crippen LogP contribution in [0.25, 0.3) is 10.6 Å². The van der Waals surface area contributed by atoms with Crippen LogP contribution in [0.4, 0.5) is 0 Å². The molecule has 6 heteroatoms. The van der Waals surface area contributed by atoms with E-state index in [0.717, 1.165) is 16.1 Å². The molecule has 0 saturated carbocycles. The first-order chi connectivity index (χ1) is 11.1. The molecule has 2 heterocycles. The Labute approximate surface area is 142 Å². The molecule has 0 atom stereocenters. The summed E-state index contributed by atoms with van der Waals surface area (Å²) < 4.78 is 5.24. The van der Waals surface area contributed by atoms with Gasteiger partial charge in [-0.05, 0) is 13.0 Å². The standard InChI is InChI=1S/C17H13ClN2O2S/c1-11-2-5-13(6-3-11)16-20-14(10-23-16)17(21)22-9-12-4-7-15(18)19-8-12/h2-8,10H,9H2,1H3. The number of carbonyl (C=O) groups is 1. The van der Waals surface area contributed by atoms with Crippen molar-refractivity contribution in [3.8, 4) is 10.6 Å². The van der Waals surface area contributed by atoms with Gasteiger partial charge in [0.1, 0.15) is 16.8 Å². The molecule has 0 fully saturated rings. The van der Waals surface area contributed by atoms with E-state index in [-0.39, 0.29) is 6.61 Å². The van der Waals surface area contributed by atoms with Crippen LogP contribution in [-0.4, -0.2) is 15.9 Å². The average Bonchev–Trinajstić information content (AvgIpc) is 3.05. The third-order valence-corrected chi connectivity index (χ3v) is 4.29. The minimum atomic E-state index is -0.449. The summed E-state index contributed by atoms with van der Waals surface area (Å²) >= 11 is 7.13. The van der Waals surface area contributed by atoms with Gasteiger partial charge in [0.2, 0.25) is 0 Å². The zero-order chi connectivity index (χ0) is 16.2. The highest BCUT2D eigenvalue weighted by Gasteiger charge is 2.13. The van der Waals surface area contributed by atoms with Crippen LogP contribution < -0.4 is 0 Å². The van der Waals surface area contributed by atoms with Gasteiger partial charge in [-0.2, -0.15) is 0 Å². The van der Waals surface area contributed by atoms with E-state index in [0.29, 0.717) is 10.8 Å². The van der Waals surface area contributed by atoms with Gasteiger partial charge in [-0.15, -0.1) is 11.3 Å². The average molecular weight is 345 g/mol. The maximum absolute atomic E-state index is 12.1. The maximum atomic E-state index is 12.1. The summed E-state index contributed by atoms with van der Waals surface area (Å²) in [5.74, 6) is -0.449. The van der Waals surface area contributed by atoms with Crippen molar-refractivity contribution in [2.24, 2.45) is 0 Å². The van der Waals surface area contributed by atoms with Crippen LogP contribution in [0.5, 0.6) is 0 Å². The topological polar surface area (TPSA) is 52.1 Å². The summed E-state index contributed by atoms with van der Waals surface area (Å²) in [6.45, 7) is 2.17. The Hall–Kier alpha value is -2.24. The normalized spacial score (nSPS) is 10.5. The SMILES string of the molecule is Cc1ccc(-c2nc(C(=O)OCc3ccc(Cl)nc3)cs2)cc1. The molecular formula is C17H13ClN2O2S. The number of hydrogen-bond donors (Lipinski definition) is 0. The number of aryl methyl sites for hydroxylation is 1. The van der Waals surface area contributed by atoms with Crippen LogP contribution >= 0.6 is 22.9 Å². The zero-order valence-corrected chi connectivity index (χ0v) is 13.9. The summed E-state index contributed by atoms with van der Waals surface area (Å²) in [6.07, 6.45) is 1.58. The van der Waals surface area contributed by atoms with Crippen LogP contribution in [-0.2, 0) is 11.3 Å². The molecule has 0 bridgehead atoms. The van der Waals surface area contributed by atoms with Gasteiger partial charge in [0, 0.05) is 22.7 Å². The Morgan fingerprint density at radius 1 is 1.22 bits per heavy atom. The predicted octanol–water partition coefficient (Wildman–Crippen LogP) is 4.52. The molecule has 1 aromatic carbocycles. The van der Waals surface area contributed by atoms with Crippen molar-refractivity contribution >= 4 is 28.9 Å². The quantitative estimate of drug-likeness (QED) is 0.515. The van der Waals surface area contributed by atoms with Gasteiger partial charge < -0.3 is 4.74 Å². The van der Waals surface area contributed by atoms with Gasteiger partial charge in [-0.25, -0.2) is 14.8 Å². The van der Waals surface area contributed by atoms with E-state index in [1.807, 2.05) is 31.2 Å². The molecule has 2 aromatic heterocycles. The number of ether oxygens (including phenoxy) is 1. The number of carbonyl (C=O) groups excluding carboxylic acids is 1. The second kappa shape index (κ2) is 6.89. The van der Waals surface area contributed by atoms with E-state index in [1.54, 1.807) is 23.7 Å². The Kier molecular flexibility index (Phi) is 4.69. The molecule has 0 spiro atoms. The molecule has 0 aliphatic heterocycles. The number of rotatable bonds is 4. The zero-order valence-electron chi connectivity index (χ0n) is 12.3. The number of nitrogens with zero attached hydrogens (tertiary/aromatic N) is 2. The maximum Gasteiger partial charge on any atom is 0.358 e. The summed E-state index contributed by atoms with van der Waals surface area (Å²) in [4.78, 5) is 20.3. The fourth-order valence-corrected chi connectivity index (χ4v) is 2.82. The number of pyridine rings is 1. The molecule has 4 nitrogen and oxygen atoms in total. The van der Waals surface area contributed by atoms with Crippen LogP contribution in [0.2, 0.25) is 5.15 Å². The Morgan fingerprint density at radius 3 is 2.70 bits per heavy atom. The summed E-state index contributed by atoms with van der Waals surface area (Å²) in [6, 6.07) is 11.4. The summed E-state index contributed by atoms with van der Waals surface area (Å²) in [5, 5.41) is 2.91. The van der Waals surface area contributed by atoms with E-state index in [2.05, 4.69) is 9.97 Å². The predicted molar refractivity (Wildman–Crippen MR) is 90.7 cm³/mol. The van der Waals surface area contributed by atoms with Gasteiger partial charge in [-0.3, -0.25) is 0 Å². The highest BCUT2D eigenvalue weighted by Crippen LogP contribution is 2.24. The lowest BCUT2D eigenvalue weighted by atomic mass is 10.2. The number of thiazole rings is 1. The smallest absolute Gasteiger partial charge is 0.358 e. The van der Waals surface area contributed by atoms with Crippen molar-refractivity contribution in [3.63, 3.8) is 0 Å². The molecule has 0 saturated heterocycles. The Bertz CT molecular complexity index is 813. The second-order valence-electron chi connectivity index (χ2n) is 4.97. The first-order valence-corrected chi connectivity index (χ1v) is 8.18. The molecule has 0 N–H and O–H groups in total. The van der Waals surface area contributed by atoms with Gasteiger partial charge in [0.25, 0.3) is 0 Å². The Balaban J connectivity index is 1.66. The van der Waals surface area contributed by atoms with Crippen molar-refractivity contribution in [2.75, 3.05) is 0 Å². The molecule has 0 aliphatic carbocycles. The lowest BCUT2D eigenvalue weighted by molar-refractivity contribution is 0.0466. The largest absolute Gasteiger partial charge is 0.456 e. The van der Waals surface area contributed by atoms with Crippen molar-refractivity contribution < 1.29 is 9.53 Å². The fraction of sp³-hybridized carbons (Fsp3) is 0.118. The molecule has 0 amide bonds. The number of esters is 1. The summed E-state index contributed by atoms with van der Waals surface area (Å²) in [5.41, 5.74) is 3.26. The molecule has 3 rings (SSSR count). The molecule has 0 unspecified atom stereocenters. The number of benzene rings is 1. The summed E-state index contributed by atoms with van der Waals surface area (Å²) in [7, 11) is 0. The van der Waals surface area contributed by atoms with Crippen LogP contribution in [0, 0.1) is 6.92 Å². The van der Waals surface area contributed by atoms with Crippen LogP contribution in [0.1, 0.15) is 21.6 Å². The van der Waals surface area contributed by atoms with Gasteiger partial charge in [-0.1, -0.05) is 47.5 Å². The van der Waals surface area contributed by atoms with E-state index >= 15 is 0 Å². The van der Waals surface area contributed by atoms with Gasteiger partial charge in [0.15, 0.2) is 5.69 Å². The third kappa shape index (κ3) is 3.94. The lowest BCUT2D eigenvalue weighted by Gasteiger charge is -2.02. The van der Waals surface area contributed by atoms with Crippen LogP contribution in [0.3, 0.4) is 0 Å². The first kappa shape index (κ1) is 15.6. The Morgan fingerprint density at radius 2 is 2.00 bits per heavy atom. The molecule has 0 aliphatic rings. The minimum Gasteiger partial charge on any atom is -0.456 e. The van der Waals surface area contributed by atoms with Gasteiger partial charge >= 0.3 is 5.97 Å². The number of halogens is 1. The van der Waals surface area contributed by atoms with Crippen LogP contribution in [0.15, 0.2) is 48.0 Å². The number of hydrogen-bond acceptors (Lipinski definition) is 5. The molecular weight excluding hydrogens is 332 g/mol. The van der Waals surface area contributed by atoms with E-state index in [4.69, 9.17) is 16.3 Å². The third-order valence-electron chi connectivity index (χ3n) is 3.17. The van der Waals surface area contributed by atoms with Crippen molar-refractivity contribution in [2.45, 2.75) is 13.5 Å². The molecule has 23 heavy (non-hydrogen) atoms. The van der Waals surface area contributed by atoms with E-state index in [9.17, 15) is 4.79 Å². The molecule has 3 aromatic rings. The molecule has 0 radical (unpaired) electrons. The van der Waals surface area contributed by atoms with E-state index in [1.165, 1.54) is 16.9 Å². The highest BCUT2D eigenvalue weighted by molar-refractivity contribution is 7.13. The highest BCUT2D eigenvalue weighted by atomic mass is 35.5. The minimum absolute atomic E-state index is 0.139. The van der Waals surface area contributed by atoms with Crippen molar-refractivity contribution in [1.82, 2.24) is 9.97 Å². The first-order valence-electron chi connectivity index (χ1n) is 6.92. The van der Waals surface area contributed by atoms with E-state index < -0.39 is 5.97 Å². The molecule has 116 valence electrons. The second-order valence-corrected chi connectivity index (χ2v) is 6.21.